The Kier molecular flexibility index (Phi) is 5.57. The maximum Gasteiger partial charge on any atom is 0.0688 e. The molecule has 1 aromatic heterocycles. The lowest BCUT2D eigenvalue weighted by atomic mass is 9.78. The minimum atomic E-state index is -0.0648. The van der Waals surface area contributed by atoms with Crippen LogP contribution in [0.5, 0.6) is 0 Å². The van der Waals surface area contributed by atoms with Gasteiger partial charge in [-0.05, 0) is 70.8 Å². The third-order valence-corrected chi connectivity index (χ3v) is 11.2. The van der Waals surface area contributed by atoms with Crippen LogP contribution in [0.4, 0.5) is 28.4 Å². The van der Waals surface area contributed by atoms with Crippen molar-refractivity contribution in [1.29, 1.82) is 0 Å². The monoisotopic (exact) mass is 584 g/mol. The summed E-state index contributed by atoms with van der Waals surface area (Å²) in [6.45, 7) is 4.74. The largest absolute Gasteiger partial charge is 0.333 e. The SMILES string of the molecule is CC1(C)c2ccccc2N(c2ccc(-c3ccc4c(c3)C3C=CC=CC3N4c3ccccc3)cc2)c2c1sc1ccccc21. The topological polar surface area (TPSA) is 6.48 Å². The third kappa shape index (κ3) is 3.66. The highest BCUT2D eigenvalue weighted by Gasteiger charge is 2.40. The van der Waals surface area contributed by atoms with Crippen molar-refractivity contribution < 1.29 is 0 Å². The van der Waals surface area contributed by atoms with Crippen LogP contribution in [0.2, 0.25) is 0 Å². The normalized spacial score (nSPS) is 19.0. The molecule has 1 aliphatic carbocycles. The minimum Gasteiger partial charge on any atom is -0.333 e. The molecule has 0 saturated carbocycles. The second kappa shape index (κ2) is 9.57. The zero-order valence-electron chi connectivity index (χ0n) is 24.8. The predicted molar refractivity (Wildman–Crippen MR) is 187 cm³/mol. The fraction of sp³-hybridized carbons (Fsp3) is 0.122. The number of rotatable bonds is 3. The van der Waals surface area contributed by atoms with Gasteiger partial charge in [0.2, 0.25) is 0 Å². The van der Waals surface area contributed by atoms with E-state index in [0.29, 0.717) is 12.0 Å². The molecule has 3 aliphatic rings. The second-order valence-corrected chi connectivity index (χ2v) is 13.6. The molecule has 2 aliphatic heterocycles. The van der Waals surface area contributed by atoms with Crippen LogP contribution in [0, 0.1) is 0 Å². The van der Waals surface area contributed by atoms with Gasteiger partial charge in [0, 0.05) is 43.4 Å². The standard InChI is InChI=1S/C41H32N2S/c1-41(2)34-16-8-10-18-37(34)43(39-32-15-7-11-19-38(32)44-40(39)41)30-23-20-27(21-24-30)28-22-25-36-33(26-28)31-14-6-9-17-35(31)42(36)29-12-4-3-5-13-29/h3-26,31,35H,1-2H3. The number of hydrogen-bond donors (Lipinski definition) is 0. The van der Waals surface area contributed by atoms with Crippen molar-refractivity contribution in [3.05, 3.63) is 162 Å². The Hall–Kier alpha value is -4.86. The molecule has 0 fully saturated rings. The molecule has 44 heavy (non-hydrogen) atoms. The van der Waals surface area contributed by atoms with E-state index in [9.17, 15) is 0 Å². The molecular weight excluding hydrogens is 553 g/mol. The van der Waals surface area contributed by atoms with Gasteiger partial charge in [-0.25, -0.2) is 0 Å². The van der Waals surface area contributed by atoms with E-state index in [-0.39, 0.29) is 5.41 Å². The Bertz CT molecular complexity index is 2120. The summed E-state index contributed by atoms with van der Waals surface area (Å²) in [5.74, 6) is 0.341. The van der Waals surface area contributed by atoms with Crippen molar-refractivity contribution in [1.82, 2.24) is 0 Å². The summed E-state index contributed by atoms with van der Waals surface area (Å²) in [5.41, 5.74) is 11.5. The van der Waals surface area contributed by atoms with Gasteiger partial charge in [-0.1, -0.05) is 111 Å². The number of benzene rings is 5. The molecule has 5 aromatic carbocycles. The van der Waals surface area contributed by atoms with Gasteiger partial charge < -0.3 is 9.80 Å². The van der Waals surface area contributed by atoms with E-state index in [2.05, 4.69) is 169 Å². The summed E-state index contributed by atoms with van der Waals surface area (Å²) >= 11 is 1.93. The highest BCUT2D eigenvalue weighted by molar-refractivity contribution is 7.20. The number of nitrogens with zero attached hydrogens (tertiary/aromatic N) is 2. The minimum absolute atomic E-state index is 0.0648. The molecule has 2 nitrogen and oxygen atoms in total. The maximum absolute atomic E-state index is 2.49. The van der Waals surface area contributed by atoms with Crippen LogP contribution < -0.4 is 9.80 Å². The number of allylic oxidation sites excluding steroid dienone is 2. The van der Waals surface area contributed by atoms with Gasteiger partial charge >= 0.3 is 0 Å². The van der Waals surface area contributed by atoms with Crippen LogP contribution in [0.15, 0.2) is 146 Å². The molecule has 2 unspecified atom stereocenters. The number of para-hydroxylation sites is 2. The van der Waals surface area contributed by atoms with Crippen molar-refractivity contribution >= 4 is 49.9 Å². The van der Waals surface area contributed by atoms with Crippen LogP contribution in [0.3, 0.4) is 0 Å². The first-order valence-corrected chi connectivity index (χ1v) is 16.3. The Morgan fingerprint density at radius 3 is 2.23 bits per heavy atom. The third-order valence-electron chi connectivity index (χ3n) is 9.72. The molecule has 0 spiro atoms. The van der Waals surface area contributed by atoms with Crippen molar-refractivity contribution in [2.45, 2.75) is 31.2 Å². The Labute approximate surface area is 262 Å². The summed E-state index contributed by atoms with van der Waals surface area (Å²) in [6, 6.07) is 45.1. The molecule has 0 bridgehead atoms. The summed E-state index contributed by atoms with van der Waals surface area (Å²) in [6.07, 6.45) is 9.08. The van der Waals surface area contributed by atoms with Crippen molar-refractivity contribution in [3.63, 3.8) is 0 Å². The predicted octanol–water partition coefficient (Wildman–Crippen LogP) is 11.4. The quantitative estimate of drug-likeness (QED) is 0.204. The molecule has 0 saturated heterocycles. The van der Waals surface area contributed by atoms with Crippen LogP contribution >= 0.6 is 11.3 Å². The number of fused-ring (bicyclic) bond motifs is 7. The first-order chi connectivity index (χ1) is 21.6. The van der Waals surface area contributed by atoms with E-state index in [1.807, 2.05) is 11.3 Å². The Balaban J connectivity index is 1.14. The Morgan fingerprint density at radius 1 is 0.636 bits per heavy atom. The summed E-state index contributed by atoms with van der Waals surface area (Å²) in [5, 5.41) is 1.32. The molecule has 3 heteroatoms. The van der Waals surface area contributed by atoms with Crippen molar-refractivity contribution in [2.24, 2.45) is 0 Å². The van der Waals surface area contributed by atoms with Crippen LogP contribution in [-0.4, -0.2) is 6.04 Å². The molecule has 0 amide bonds. The lowest BCUT2D eigenvalue weighted by Gasteiger charge is -2.40. The van der Waals surface area contributed by atoms with E-state index in [1.54, 1.807) is 0 Å². The smallest absolute Gasteiger partial charge is 0.0688 e. The fourth-order valence-electron chi connectivity index (χ4n) is 7.60. The molecular formula is C41H32N2S. The molecule has 9 rings (SSSR count). The van der Waals surface area contributed by atoms with Gasteiger partial charge in [0.05, 0.1) is 17.4 Å². The van der Waals surface area contributed by atoms with Crippen LogP contribution in [0.1, 0.15) is 35.8 Å². The molecule has 3 heterocycles. The average Bonchev–Trinajstić information content (AvgIpc) is 3.63. The molecule has 2 atom stereocenters. The Morgan fingerprint density at radius 2 is 1.36 bits per heavy atom. The van der Waals surface area contributed by atoms with Crippen molar-refractivity contribution in [2.75, 3.05) is 9.80 Å². The number of thiophene rings is 1. The lowest BCUT2D eigenvalue weighted by Crippen LogP contribution is -2.29. The molecule has 0 radical (unpaired) electrons. The van der Waals surface area contributed by atoms with E-state index in [1.165, 1.54) is 65.7 Å². The van der Waals surface area contributed by atoms with Gasteiger partial charge in [-0.2, -0.15) is 0 Å². The summed E-state index contributed by atoms with van der Waals surface area (Å²) < 4.78 is 1.34. The molecule has 6 aromatic rings. The first-order valence-electron chi connectivity index (χ1n) is 15.4. The second-order valence-electron chi connectivity index (χ2n) is 12.6. The van der Waals surface area contributed by atoms with Crippen LogP contribution in [0.25, 0.3) is 21.2 Å². The highest BCUT2D eigenvalue weighted by atomic mass is 32.1. The van der Waals surface area contributed by atoms with Gasteiger partial charge in [-0.3, -0.25) is 0 Å². The molecule has 212 valence electrons. The number of hydrogen-bond acceptors (Lipinski definition) is 3. The maximum atomic E-state index is 2.49. The van der Waals surface area contributed by atoms with Gasteiger partial charge in [0.15, 0.2) is 0 Å². The van der Waals surface area contributed by atoms with Crippen molar-refractivity contribution in [3.8, 4) is 11.1 Å². The van der Waals surface area contributed by atoms with E-state index in [4.69, 9.17) is 0 Å². The summed E-state index contributed by atoms with van der Waals surface area (Å²) in [7, 11) is 0. The van der Waals surface area contributed by atoms with E-state index < -0.39 is 0 Å². The van der Waals surface area contributed by atoms with E-state index >= 15 is 0 Å². The van der Waals surface area contributed by atoms with Gasteiger partial charge in [0.25, 0.3) is 0 Å². The fourth-order valence-corrected chi connectivity index (χ4v) is 8.90. The summed E-state index contributed by atoms with van der Waals surface area (Å²) in [4.78, 5) is 6.40. The lowest BCUT2D eigenvalue weighted by molar-refractivity contribution is 0.647. The zero-order chi connectivity index (χ0) is 29.4. The zero-order valence-corrected chi connectivity index (χ0v) is 25.6. The van der Waals surface area contributed by atoms with Gasteiger partial charge in [-0.15, -0.1) is 11.3 Å². The van der Waals surface area contributed by atoms with Crippen LogP contribution in [-0.2, 0) is 5.41 Å². The average molecular weight is 585 g/mol. The van der Waals surface area contributed by atoms with E-state index in [0.717, 1.165) is 0 Å². The molecule has 0 N–H and O–H groups in total. The van der Waals surface area contributed by atoms with Gasteiger partial charge in [0.1, 0.15) is 0 Å². The highest BCUT2D eigenvalue weighted by Crippen LogP contribution is 2.57. The first kappa shape index (κ1) is 25.6. The number of anilines is 5.